The van der Waals surface area contributed by atoms with E-state index in [-0.39, 0.29) is 29.8 Å². The Labute approximate surface area is 167 Å². The Hall–Kier alpha value is -1.89. The molecule has 2 aromatic rings. The lowest BCUT2D eigenvalue weighted by Crippen LogP contribution is -2.41. The predicted molar refractivity (Wildman–Crippen MR) is 111 cm³/mol. The third-order valence-corrected chi connectivity index (χ3v) is 5.93. The first kappa shape index (κ1) is 18.9. The van der Waals surface area contributed by atoms with Gasteiger partial charge in [0.2, 0.25) is 5.91 Å². The number of carbonyl (C=O) groups excluding carboxylic acids is 2. The third kappa shape index (κ3) is 4.09. The van der Waals surface area contributed by atoms with E-state index in [9.17, 15) is 9.59 Å². The molecule has 0 aromatic heterocycles. The summed E-state index contributed by atoms with van der Waals surface area (Å²) in [7, 11) is 0. The summed E-state index contributed by atoms with van der Waals surface area (Å²) in [4.78, 5) is 24.6. The van der Waals surface area contributed by atoms with Crippen molar-refractivity contribution in [2.45, 2.75) is 38.1 Å². The Kier molecular flexibility index (Phi) is 5.65. The fourth-order valence-corrected chi connectivity index (χ4v) is 4.14. The quantitative estimate of drug-likeness (QED) is 0.677. The molecule has 1 unspecified atom stereocenters. The monoisotopic (exact) mass is 462 g/mol. The summed E-state index contributed by atoms with van der Waals surface area (Å²) in [6, 6.07) is 15.6. The van der Waals surface area contributed by atoms with Gasteiger partial charge in [0, 0.05) is 3.57 Å². The van der Waals surface area contributed by atoms with Crippen molar-refractivity contribution in [2.24, 2.45) is 0 Å². The SMILES string of the molecule is CC1(C)CCC(NC(=O)CNC(=O)c2ccccc2I)c2ccccc21. The standard InChI is InChI=1S/C21H23IN2O2/c1-21(2)12-11-18(14-7-3-5-9-16(14)21)24-19(25)13-23-20(26)15-8-4-6-10-17(15)22/h3-10,18H,11-13H2,1-2H3,(H,23,26)(H,24,25). The van der Waals surface area contributed by atoms with Crippen molar-refractivity contribution in [1.29, 1.82) is 0 Å². The fourth-order valence-electron chi connectivity index (χ4n) is 3.51. The van der Waals surface area contributed by atoms with Crippen molar-refractivity contribution in [2.75, 3.05) is 6.54 Å². The zero-order chi connectivity index (χ0) is 18.7. The van der Waals surface area contributed by atoms with E-state index in [0.29, 0.717) is 5.56 Å². The van der Waals surface area contributed by atoms with Crippen LogP contribution in [0.3, 0.4) is 0 Å². The number of nitrogens with one attached hydrogen (secondary N) is 2. The molecular weight excluding hydrogens is 439 g/mol. The number of hydrogen-bond acceptors (Lipinski definition) is 2. The maximum atomic E-state index is 12.4. The Morgan fingerprint density at radius 1 is 1.12 bits per heavy atom. The molecular formula is C21H23IN2O2. The summed E-state index contributed by atoms with van der Waals surface area (Å²) in [6.07, 6.45) is 1.92. The summed E-state index contributed by atoms with van der Waals surface area (Å²) in [5.74, 6) is -0.390. The van der Waals surface area contributed by atoms with Crippen LogP contribution in [0.1, 0.15) is 54.2 Å². The van der Waals surface area contributed by atoms with E-state index in [2.05, 4.69) is 59.2 Å². The molecule has 136 valence electrons. The second-order valence-corrected chi connectivity index (χ2v) is 8.45. The number of hydrogen-bond donors (Lipinski definition) is 2. The van der Waals surface area contributed by atoms with Gasteiger partial charge in [-0.25, -0.2) is 0 Å². The van der Waals surface area contributed by atoms with Crippen LogP contribution in [0, 0.1) is 3.57 Å². The fraction of sp³-hybridized carbons (Fsp3) is 0.333. The van der Waals surface area contributed by atoms with Crippen LogP contribution in [0.25, 0.3) is 0 Å². The molecule has 0 saturated heterocycles. The van der Waals surface area contributed by atoms with Crippen molar-refractivity contribution in [3.8, 4) is 0 Å². The van der Waals surface area contributed by atoms with Gasteiger partial charge in [-0.05, 0) is 64.1 Å². The number of fused-ring (bicyclic) bond motifs is 1. The van der Waals surface area contributed by atoms with Gasteiger partial charge in [0.05, 0.1) is 18.2 Å². The van der Waals surface area contributed by atoms with Gasteiger partial charge in [-0.3, -0.25) is 9.59 Å². The molecule has 2 amide bonds. The number of rotatable bonds is 4. The van der Waals surface area contributed by atoms with Crippen LogP contribution in [0.4, 0.5) is 0 Å². The van der Waals surface area contributed by atoms with E-state index < -0.39 is 0 Å². The average molecular weight is 462 g/mol. The smallest absolute Gasteiger partial charge is 0.252 e. The van der Waals surface area contributed by atoms with Gasteiger partial charge in [-0.15, -0.1) is 0 Å². The minimum absolute atomic E-state index is 0.000452. The van der Waals surface area contributed by atoms with Crippen LogP contribution >= 0.6 is 22.6 Å². The predicted octanol–water partition coefficient (Wildman–Crippen LogP) is 3.95. The maximum Gasteiger partial charge on any atom is 0.252 e. The molecule has 0 saturated carbocycles. The van der Waals surface area contributed by atoms with E-state index in [4.69, 9.17) is 0 Å². The van der Waals surface area contributed by atoms with Gasteiger partial charge in [-0.2, -0.15) is 0 Å². The number of carbonyl (C=O) groups is 2. The summed E-state index contributed by atoms with van der Waals surface area (Å²) in [6.45, 7) is 4.46. The Morgan fingerprint density at radius 3 is 2.58 bits per heavy atom. The van der Waals surface area contributed by atoms with Crippen LogP contribution in [0.15, 0.2) is 48.5 Å². The molecule has 0 spiro atoms. The van der Waals surface area contributed by atoms with Gasteiger partial charge in [0.25, 0.3) is 5.91 Å². The molecule has 0 bridgehead atoms. The lowest BCUT2D eigenvalue weighted by molar-refractivity contribution is -0.121. The second kappa shape index (κ2) is 7.78. The molecule has 0 radical (unpaired) electrons. The summed E-state index contributed by atoms with van der Waals surface area (Å²) < 4.78 is 0.867. The lowest BCUT2D eigenvalue weighted by Gasteiger charge is -2.37. The first-order chi connectivity index (χ1) is 12.4. The normalized spacial score (nSPS) is 17.9. The van der Waals surface area contributed by atoms with E-state index in [1.165, 1.54) is 11.1 Å². The Balaban J connectivity index is 1.62. The van der Waals surface area contributed by atoms with Crippen LogP contribution < -0.4 is 10.6 Å². The first-order valence-corrected chi connectivity index (χ1v) is 9.88. The van der Waals surface area contributed by atoms with E-state index in [1.54, 1.807) is 6.07 Å². The molecule has 0 fully saturated rings. The van der Waals surface area contributed by atoms with Gasteiger partial charge >= 0.3 is 0 Å². The highest BCUT2D eigenvalue weighted by Gasteiger charge is 2.32. The number of benzene rings is 2. The van der Waals surface area contributed by atoms with Crippen molar-refractivity contribution in [3.05, 3.63) is 68.8 Å². The van der Waals surface area contributed by atoms with Gasteiger partial charge in [-0.1, -0.05) is 50.2 Å². The van der Waals surface area contributed by atoms with E-state index >= 15 is 0 Å². The minimum atomic E-state index is -0.227. The molecule has 0 heterocycles. The summed E-state index contributed by atoms with van der Waals surface area (Å²) in [5.41, 5.74) is 3.18. The summed E-state index contributed by atoms with van der Waals surface area (Å²) >= 11 is 2.12. The molecule has 1 aliphatic carbocycles. The van der Waals surface area contributed by atoms with Crippen LogP contribution in [0.2, 0.25) is 0 Å². The molecule has 0 aliphatic heterocycles. The van der Waals surface area contributed by atoms with E-state index in [0.717, 1.165) is 16.4 Å². The molecule has 4 nitrogen and oxygen atoms in total. The second-order valence-electron chi connectivity index (χ2n) is 7.29. The molecule has 3 rings (SSSR count). The van der Waals surface area contributed by atoms with Crippen molar-refractivity contribution in [1.82, 2.24) is 10.6 Å². The Bertz CT molecular complexity index is 832. The summed E-state index contributed by atoms with van der Waals surface area (Å²) in [5, 5.41) is 5.79. The number of halogens is 1. The van der Waals surface area contributed by atoms with Gasteiger partial charge in [0.1, 0.15) is 0 Å². The molecule has 2 aromatic carbocycles. The lowest BCUT2D eigenvalue weighted by atomic mass is 9.71. The first-order valence-electron chi connectivity index (χ1n) is 8.80. The zero-order valence-electron chi connectivity index (χ0n) is 15.0. The Morgan fingerprint density at radius 2 is 1.81 bits per heavy atom. The minimum Gasteiger partial charge on any atom is -0.348 e. The molecule has 1 atom stereocenters. The highest BCUT2D eigenvalue weighted by molar-refractivity contribution is 14.1. The molecule has 26 heavy (non-hydrogen) atoms. The van der Waals surface area contributed by atoms with Crippen molar-refractivity contribution >= 4 is 34.4 Å². The van der Waals surface area contributed by atoms with Gasteiger partial charge < -0.3 is 10.6 Å². The highest BCUT2D eigenvalue weighted by Crippen LogP contribution is 2.41. The largest absolute Gasteiger partial charge is 0.348 e. The zero-order valence-corrected chi connectivity index (χ0v) is 17.2. The van der Waals surface area contributed by atoms with E-state index in [1.807, 2.05) is 30.3 Å². The third-order valence-electron chi connectivity index (χ3n) is 4.99. The van der Waals surface area contributed by atoms with Crippen molar-refractivity contribution < 1.29 is 9.59 Å². The molecule has 1 aliphatic rings. The molecule has 2 N–H and O–H groups in total. The maximum absolute atomic E-state index is 12.4. The van der Waals surface area contributed by atoms with Crippen LogP contribution in [-0.4, -0.2) is 18.4 Å². The van der Waals surface area contributed by atoms with Crippen LogP contribution in [-0.2, 0) is 10.2 Å². The van der Waals surface area contributed by atoms with Crippen molar-refractivity contribution in [3.63, 3.8) is 0 Å². The van der Waals surface area contributed by atoms with Crippen LogP contribution in [0.5, 0.6) is 0 Å². The number of amides is 2. The highest BCUT2D eigenvalue weighted by atomic mass is 127. The molecule has 5 heteroatoms. The average Bonchev–Trinajstić information content (AvgIpc) is 2.63. The van der Waals surface area contributed by atoms with Gasteiger partial charge in [0.15, 0.2) is 0 Å². The topological polar surface area (TPSA) is 58.2 Å².